The molecule has 0 aliphatic heterocycles. The zero-order chi connectivity index (χ0) is 15.4. The van der Waals surface area contributed by atoms with Crippen LogP contribution in [-0.2, 0) is 0 Å². The molecular weight excluding hydrogens is 278 g/mol. The van der Waals surface area contributed by atoms with Gasteiger partial charge in [0.1, 0.15) is 29.0 Å². The van der Waals surface area contributed by atoms with Crippen LogP contribution in [0.1, 0.15) is 17.1 Å². The molecule has 106 valence electrons. The number of nitrogens with zero attached hydrogens (tertiary/aromatic N) is 2. The van der Waals surface area contributed by atoms with E-state index in [1.54, 1.807) is 18.2 Å². The van der Waals surface area contributed by atoms with E-state index < -0.39 is 5.56 Å². The lowest BCUT2D eigenvalue weighted by Crippen LogP contribution is -2.12. The zero-order valence-corrected chi connectivity index (χ0v) is 11.5. The van der Waals surface area contributed by atoms with Crippen molar-refractivity contribution in [2.24, 2.45) is 0 Å². The summed E-state index contributed by atoms with van der Waals surface area (Å²) in [6.45, 7) is 0. The van der Waals surface area contributed by atoms with E-state index in [9.17, 15) is 4.79 Å². The highest BCUT2D eigenvalue weighted by molar-refractivity contribution is 5.66. The minimum absolute atomic E-state index is 0.0125. The topological polar surface area (TPSA) is 82.7 Å². The molecule has 0 unspecified atom stereocenters. The van der Waals surface area contributed by atoms with E-state index in [0.29, 0.717) is 11.6 Å². The van der Waals surface area contributed by atoms with Crippen molar-refractivity contribution in [2.45, 2.75) is 0 Å². The molecule has 0 spiro atoms. The molecular formula is C17H11N3O2. The van der Waals surface area contributed by atoms with Crippen molar-refractivity contribution in [1.82, 2.24) is 9.97 Å². The SMILES string of the molecule is N#Cc1cnc(/C=C/c2ccc(-c3ccccc3)o2)[nH]c1=O. The van der Waals surface area contributed by atoms with E-state index in [1.165, 1.54) is 6.20 Å². The quantitative estimate of drug-likeness (QED) is 0.803. The second-order valence-electron chi connectivity index (χ2n) is 4.52. The second-order valence-corrected chi connectivity index (χ2v) is 4.52. The van der Waals surface area contributed by atoms with Crippen LogP contribution in [0.4, 0.5) is 0 Å². The van der Waals surface area contributed by atoms with Crippen molar-refractivity contribution >= 4 is 12.2 Å². The summed E-state index contributed by atoms with van der Waals surface area (Å²) in [5.41, 5.74) is 0.523. The summed E-state index contributed by atoms with van der Waals surface area (Å²) in [6.07, 6.45) is 4.57. The van der Waals surface area contributed by atoms with Crippen LogP contribution in [0.5, 0.6) is 0 Å². The van der Waals surface area contributed by atoms with Crippen LogP contribution < -0.4 is 5.56 Å². The molecule has 0 bridgehead atoms. The van der Waals surface area contributed by atoms with E-state index in [0.717, 1.165) is 11.3 Å². The lowest BCUT2D eigenvalue weighted by Gasteiger charge is -1.95. The highest BCUT2D eigenvalue weighted by atomic mass is 16.3. The molecule has 2 aromatic heterocycles. The maximum atomic E-state index is 11.5. The third-order valence-corrected chi connectivity index (χ3v) is 3.03. The van der Waals surface area contributed by atoms with Gasteiger partial charge in [0, 0.05) is 5.56 Å². The summed E-state index contributed by atoms with van der Waals surface area (Å²) in [7, 11) is 0. The Kier molecular flexibility index (Phi) is 3.67. The van der Waals surface area contributed by atoms with Crippen LogP contribution >= 0.6 is 0 Å². The van der Waals surface area contributed by atoms with Gasteiger partial charge in [0.15, 0.2) is 0 Å². The maximum absolute atomic E-state index is 11.5. The van der Waals surface area contributed by atoms with E-state index in [2.05, 4.69) is 9.97 Å². The monoisotopic (exact) mass is 289 g/mol. The minimum atomic E-state index is -0.457. The molecule has 3 rings (SSSR count). The molecule has 5 nitrogen and oxygen atoms in total. The number of nitrogens with one attached hydrogen (secondary N) is 1. The number of furan rings is 1. The van der Waals surface area contributed by atoms with Crippen molar-refractivity contribution in [3.05, 3.63) is 76.2 Å². The molecule has 22 heavy (non-hydrogen) atoms. The van der Waals surface area contributed by atoms with Gasteiger partial charge in [-0.15, -0.1) is 0 Å². The first-order valence-electron chi connectivity index (χ1n) is 6.59. The Morgan fingerprint density at radius 2 is 1.95 bits per heavy atom. The Morgan fingerprint density at radius 3 is 2.68 bits per heavy atom. The standard InChI is InChI=1S/C17H11N3O2/c18-10-13-11-19-16(20-17(13)21)9-7-14-6-8-15(22-14)12-4-2-1-3-5-12/h1-9,11H,(H,19,20,21)/b9-7+. The summed E-state index contributed by atoms with van der Waals surface area (Å²) >= 11 is 0. The number of nitriles is 1. The summed E-state index contributed by atoms with van der Waals surface area (Å²) in [4.78, 5) is 18.0. The van der Waals surface area contributed by atoms with Gasteiger partial charge in [0.05, 0.1) is 6.20 Å². The highest BCUT2D eigenvalue weighted by Crippen LogP contribution is 2.22. The van der Waals surface area contributed by atoms with Crippen LogP contribution in [0.25, 0.3) is 23.5 Å². The molecule has 0 amide bonds. The van der Waals surface area contributed by atoms with Gasteiger partial charge in [0.25, 0.3) is 5.56 Å². The molecule has 0 fully saturated rings. The highest BCUT2D eigenvalue weighted by Gasteiger charge is 2.02. The average molecular weight is 289 g/mol. The number of H-pyrrole nitrogens is 1. The molecule has 0 radical (unpaired) electrons. The Bertz CT molecular complexity index is 915. The van der Waals surface area contributed by atoms with E-state index in [4.69, 9.17) is 9.68 Å². The van der Waals surface area contributed by atoms with E-state index in [1.807, 2.05) is 42.5 Å². The van der Waals surface area contributed by atoms with Crippen molar-refractivity contribution in [3.8, 4) is 17.4 Å². The first-order chi connectivity index (χ1) is 10.8. The predicted octanol–water partition coefficient (Wildman–Crippen LogP) is 3.07. The Labute approximate surface area is 126 Å². The summed E-state index contributed by atoms with van der Waals surface area (Å²) < 4.78 is 5.71. The van der Waals surface area contributed by atoms with E-state index in [-0.39, 0.29) is 5.56 Å². The summed E-state index contributed by atoms with van der Waals surface area (Å²) in [5.74, 6) is 1.77. The third kappa shape index (κ3) is 2.86. The van der Waals surface area contributed by atoms with Crippen molar-refractivity contribution in [1.29, 1.82) is 5.26 Å². The van der Waals surface area contributed by atoms with Gasteiger partial charge in [-0.1, -0.05) is 30.3 Å². The van der Waals surface area contributed by atoms with Crippen molar-refractivity contribution in [2.75, 3.05) is 0 Å². The van der Waals surface area contributed by atoms with Gasteiger partial charge in [0.2, 0.25) is 0 Å². The van der Waals surface area contributed by atoms with Gasteiger partial charge < -0.3 is 9.40 Å². The number of aromatic amines is 1. The zero-order valence-electron chi connectivity index (χ0n) is 11.5. The number of aromatic nitrogens is 2. The third-order valence-electron chi connectivity index (χ3n) is 3.03. The normalized spacial score (nSPS) is 10.7. The van der Waals surface area contributed by atoms with Crippen LogP contribution in [0, 0.1) is 11.3 Å². The largest absolute Gasteiger partial charge is 0.457 e. The van der Waals surface area contributed by atoms with Gasteiger partial charge in [-0.2, -0.15) is 5.26 Å². The fourth-order valence-corrected chi connectivity index (χ4v) is 1.93. The van der Waals surface area contributed by atoms with Crippen LogP contribution in [0.15, 0.2) is 57.9 Å². The van der Waals surface area contributed by atoms with Gasteiger partial charge in [-0.3, -0.25) is 4.79 Å². The molecule has 0 atom stereocenters. The summed E-state index contributed by atoms with van der Waals surface area (Å²) in [5, 5.41) is 8.69. The lowest BCUT2D eigenvalue weighted by atomic mass is 10.2. The van der Waals surface area contributed by atoms with Crippen LogP contribution in [0.2, 0.25) is 0 Å². The molecule has 5 heteroatoms. The Morgan fingerprint density at radius 1 is 1.14 bits per heavy atom. The number of hydrogen-bond acceptors (Lipinski definition) is 4. The van der Waals surface area contributed by atoms with Crippen molar-refractivity contribution in [3.63, 3.8) is 0 Å². The smallest absolute Gasteiger partial charge is 0.269 e. The Hall–Kier alpha value is -3.39. The Balaban J connectivity index is 1.82. The molecule has 1 N–H and O–H groups in total. The fourth-order valence-electron chi connectivity index (χ4n) is 1.93. The van der Waals surface area contributed by atoms with E-state index >= 15 is 0 Å². The van der Waals surface area contributed by atoms with Gasteiger partial charge >= 0.3 is 0 Å². The lowest BCUT2D eigenvalue weighted by molar-refractivity contribution is 0.572. The van der Waals surface area contributed by atoms with Gasteiger partial charge in [-0.25, -0.2) is 4.98 Å². The fraction of sp³-hybridized carbons (Fsp3) is 0. The summed E-state index contributed by atoms with van der Waals surface area (Å²) in [6, 6.07) is 15.2. The molecule has 0 saturated carbocycles. The molecule has 2 heterocycles. The van der Waals surface area contributed by atoms with Gasteiger partial charge in [-0.05, 0) is 24.3 Å². The number of benzene rings is 1. The average Bonchev–Trinajstić information content (AvgIpc) is 3.03. The first kappa shape index (κ1) is 13.6. The number of rotatable bonds is 3. The van der Waals surface area contributed by atoms with Crippen molar-refractivity contribution < 1.29 is 4.42 Å². The van der Waals surface area contributed by atoms with Crippen LogP contribution in [0.3, 0.4) is 0 Å². The second kappa shape index (κ2) is 5.94. The molecule has 0 aliphatic rings. The number of hydrogen-bond donors (Lipinski definition) is 1. The first-order valence-corrected chi connectivity index (χ1v) is 6.59. The predicted molar refractivity (Wildman–Crippen MR) is 82.6 cm³/mol. The molecule has 0 aliphatic carbocycles. The molecule has 1 aromatic carbocycles. The minimum Gasteiger partial charge on any atom is -0.457 e. The molecule has 0 saturated heterocycles. The van der Waals surface area contributed by atoms with Crippen LogP contribution in [-0.4, -0.2) is 9.97 Å². The molecule has 3 aromatic rings. The maximum Gasteiger partial charge on any atom is 0.269 e.